The maximum Gasteiger partial charge on any atom is 0.328 e. The van der Waals surface area contributed by atoms with Crippen LogP contribution in [0.3, 0.4) is 0 Å². The van der Waals surface area contributed by atoms with Gasteiger partial charge in [-0.25, -0.2) is 4.79 Å². The van der Waals surface area contributed by atoms with Crippen molar-refractivity contribution in [1.29, 1.82) is 0 Å². The second-order valence-corrected chi connectivity index (χ2v) is 6.52. The van der Waals surface area contributed by atoms with Gasteiger partial charge < -0.3 is 24.5 Å². The van der Waals surface area contributed by atoms with Crippen LogP contribution in [0, 0.1) is 5.92 Å². The van der Waals surface area contributed by atoms with Crippen LogP contribution < -0.4 is 15.4 Å². The quantitative estimate of drug-likeness (QED) is 0.640. The molecule has 2 aromatic rings. The van der Waals surface area contributed by atoms with Crippen LogP contribution in [0.4, 0.5) is 5.69 Å². The lowest BCUT2D eigenvalue weighted by atomic mass is 10.0. The summed E-state index contributed by atoms with van der Waals surface area (Å²) in [5.74, 6) is -0.546. The van der Waals surface area contributed by atoms with Crippen molar-refractivity contribution in [3.8, 4) is 5.75 Å². The fourth-order valence-electron chi connectivity index (χ4n) is 2.48. The van der Waals surface area contributed by atoms with Gasteiger partial charge >= 0.3 is 5.97 Å². The molecule has 0 saturated heterocycles. The maximum atomic E-state index is 12.1. The molecular weight excluding hydrogens is 364 g/mol. The van der Waals surface area contributed by atoms with Crippen LogP contribution in [0.1, 0.15) is 30.8 Å². The second kappa shape index (κ2) is 10.1. The Labute approximate surface area is 163 Å². The Morgan fingerprint density at radius 3 is 2.57 bits per heavy atom. The molecule has 8 heteroatoms. The van der Waals surface area contributed by atoms with Crippen LogP contribution in [0.2, 0.25) is 0 Å². The lowest BCUT2D eigenvalue weighted by molar-refractivity contribution is -0.145. The van der Waals surface area contributed by atoms with Gasteiger partial charge in [-0.15, -0.1) is 0 Å². The molecule has 0 saturated carbocycles. The molecule has 0 radical (unpaired) electrons. The first-order valence-electron chi connectivity index (χ1n) is 8.84. The Bertz CT molecular complexity index is 801. The average Bonchev–Trinajstić information content (AvgIpc) is 3.20. The van der Waals surface area contributed by atoms with Crippen LogP contribution in [0.25, 0.3) is 0 Å². The minimum Gasteiger partial charge on any atom is -0.484 e. The molecule has 1 aromatic carbocycles. The number of amides is 2. The summed E-state index contributed by atoms with van der Waals surface area (Å²) in [6.07, 6.45) is 1.88. The summed E-state index contributed by atoms with van der Waals surface area (Å²) >= 11 is 0. The maximum absolute atomic E-state index is 12.1. The Hall–Kier alpha value is -3.29. The monoisotopic (exact) mass is 388 g/mol. The lowest BCUT2D eigenvalue weighted by Crippen LogP contribution is -2.44. The fourth-order valence-corrected chi connectivity index (χ4v) is 2.48. The highest BCUT2D eigenvalue weighted by atomic mass is 16.5. The predicted octanol–water partition coefficient (Wildman–Crippen LogP) is 2.61. The number of esters is 1. The number of carbonyl (C=O) groups is 3. The third kappa shape index (κ3) is 6.46. The summed E-state index contributed by atoms with van der Waals surface area (Å²) < 4.78 is 15.2. The molecule has 2 N–H and O–H groups in total. The first kappa shape index (κ1) is 21.0. The summed E-state index contributed by atoms with van der Waals surface area (Å²) in [4.78, 5) is 35.9. The summed E-state index contributed by atoms with van der Waals surface area (Å²) in [5.41, 5.74) is 0.492. The number of benzene rings is 1. The summed E-state index contributed by atoms with van der Waals surface area (Å²) in [5, 5.41) is 5.29. The normalized spacial score (nSPS) is 11.6. The van der Waals surface area contributed by atoms with Crippen molar-refractivity contribution in [2.24, 2.45) is 5.92 Å². The number of anilines is 1. The molecule has 1 atom stereocenters. The first-order valence-corrected chi connectivity index (χ1v) is 8.84. The van der Waals surface area contributed by atoms with Crippen LogP contribution >= 0.6 is 0 Å². The van der Waals surface area contributed by atoms with E-state index in [0.717, 1.165) is 0 Å². The van der Waals surface area contributed by atoms with Gasteiger partial charge in [-0.1, -0.05) is 19.9 Å². The number of carbonyl (C=O) groups excluding carboxylic acids is 3. The second-order valence-electron chi connectivity index (χ2n) is 6.52. The van der Waals surface area contributed by atoms with Crippen molar-refractivity contribution < 1.29 is 28.3 Å². The molecule has 0 aliphatic heterocycles. The minimum absolute atomic E-state index is 0.185. The Kier molecular flexibility index (Phi) is 7.62. The summed E-state index contributed by atoms with van der Waals surface area (Å²) in [6.45, 7) is 3.61. The highest BCUT2D eigenvalue weighted by molar-refractivity contribution is 6.02. The third-order valence-electron chi connectivity index (χ3n) is 3.73. The van der Waals surface area contributed by atoms with E-state index in [1.807, 2.05) is 13.8 Å². The molecule has 0 aliphatic carbocycles. The van der Waals surface area contributed by atoms with Gasteiger partial charge in [0.25, 0.3) is 11.8 Å². The van der Waals surface area contributed by atoms with E-state index in [0.29, 0.717) is 17.9 Å². The third-order valence-corrected chi connectivity index (χ3v) is 3.73. The SMILES string of the molecule is COC(=O)C(CC(C)C)NC(=O)COc1cccc(NC(=O)c2ccco2)c1. The molecule has 1 unspecified atom stereocenters. The topological polar surface area (TPSA) is 107 Å². The standard InChI is InChI=1S/C20H24N2O6/c1-13(2)10-16(20(25)26-3)22-18(23)12-28-15-7-4-6-14(11-15)21-19(24)17-8-5-9-27-17/h4-9,11,13,16H,10,12H2,1-3H3,(H,21,24)(H,22,23). The number of ether oxygens (including phenoxy) is 2. The number of rotatable bonds is 9. The van der Waals surface area contributed by atoms with Crippen molar-refractivity contribution >= 4 is 23.5 Å². The van der Waals surface area contributed by atoms with E-state index < -0.39 is 23.8 Å². The highest BCUT2D eigenvalue weighted by Gasteiger charge is 2.22. The van der Waals surface area contributed by atoms with E-state index >= 15 is 0 Å². The van der Waals surface area contributed by atoms with Crippen LogP contribution in [-0.4, -0.2) is 37.5 Å². The Morgan fingerprint density at radius 1 is 1.14 bits per heavy atom. The molecule has 2 amide bonds. The van der Waals surface area contributed by atoms with Crippen LogP contribution in [0.15, 0.2) is 47.1 Å². The van der Waals surface area contributed by atoms with E-state index in [4.69, 9.17) is 13.9 Å². The van der Waals surface area contributed by atoms with Gasteiger partial charge in [-0.2, -0.15) is 0 Å². The summed E-state index contributed by atoms with van der Waals surface area (Å²) in [7, 11) is 1.28. The van der Waals surface area contributed by atoms with E-state index in [1.165, 1.54) is 13.4 Å². The molecule has 1 heterocycles. The van der Waals surface area contributed by atoms with Crippen molar-refractivity contribution in [3.05, 3.63) is 48.4 Å². The number of hydrogen-bond acceptors (Lipinski definition) is 6. The van der Waals surface area contributed by atoms with E-state index in [-0.39, 0.29) is 18.3 Å². The van der Waals surface area contributed by atoms with Gasteiger partial charge in [0.05, 0.1) is 13.4 Å². The van der Waals surface area contributed by atoms with Gasteiger partial charge in [0.2, 0.25) is 0 Å². The first-order chi connectivity index (χ1) is 13.4. The van der Waals surface area contributed by atoms with E-state index in [1.54, 1.807) is 36.4 Å². The number of nitrogens with one attached hydrogen (secondary N) is 2. The smallest absolute Gasteiger partial charge is 0.328 e. The van der Waals surface area contributed by atoms with Crippen molar-refractivity contribution in [2.45, 2.75) is 26.3 Å². The number of hydrogen-bond donors (Lipinski definition) is 2. The molecule has 1 aromatic heterocycles. The van der Waals surface area contributed by atoms with Gasteiger partial charge in [-0.05, 0) is 36.6 Å². The number of furan rings is 1. The highest BCUT2D eigenvalue weighted by Crippen LogP contribution is 2.18. The number of methoxy groups -OCH3 is 1. The molecule has 28 heavy (non-hydrogen) atoms. The zero-order valence-corrected chi connectivity index (χ0v) is 16.1. The molecular formula is C20H24N2O6. The van der Waals surface area contributed by atoms with Crippen LogP contribution in [-0.2, 0) is 14.3 Å². The zero-order valence-electron chi connectivity index (χ0n) is 16.1. The molecule has 0 spiro atoms. The van der Waals surface area contributed by atoms with E-state index in [2.05, 4.69) is 10.6 Å². The molecule has 0 aliphatic rings. The molecule has 0 fully saturated rings. The molecule has 150 valence electrons. The largest absolute Gasteiger partial charge is 0.484 e. The summed E-state index contributed by atoms with van der Waals surface area (Å²) in [6, 6.07) is 9.05. The zero-order chi connectivity index (χ0) is 20.5. The van der Waals surface area contributed by atoms with Crippen LogP contribution in [0.5, 0.6) is 5.75 Å². The Balaban J connectivity index is 1.90. The van der Waals surface area contributed by atoms with E-state index in [9.17, 15) is 14.4 Å². The van der Waals surface area contributed by atoms with Crippen molar-refractivity contribution in [1.82, 2.24) is 5.32 Å². The Morgan fingerprint density at radius 2 is 1.93 bits per heavy atom. The fraction of sp³-hybridized carbons (Fsp3) is 0.350. The molecule has 8 nitrogen and oxygen atoms in total. The lowest BCUT2D eigenvalue weighted by Gasteiger charge is -2.18. The average molecular weight is 388 g/mol. The predicted molar refractivity (Wildman–Crippen MR) is 102 cm³/mol. The van der Waals surface area contributed by atoms with Gasteiger partial charge in [0.15, 0.2) is 12.4 Å². The molecule has 2 rings (SSSR count). The van der Waals surface area contributed by atoms with Crippen molar-refractivity contribution in [3.63, 3.8) is 0 Å². The van der Waals surface area contributed by atoms with Gasteiger partial charge in [0.1, 0.15) is 11.8 Å². The minimum atomic E-state index is -0.722. The van der Waals surface area contributed by atoms with Gasteiger partial charge in [-0.3, -0.25) is 9.59 Å². The molecule has 0 bridgehead atoms. The van der Waals surface area contributed by atoms with Gasteiger partial charge in [0, 0.05) is 11.8 Å². The van der Waals surface area contributed by atoms with Crippen molar-refractivity contribution in [2.75, 3.05) is 19.0 Å².